The molecule has 1 heterocycles. The van der Waals surface area contributed by atoms with Gasteiger partial charge in [0, 0.05) is 10.6 Å². The minimum atomic E-state index is -1.01. The second kappa shape index (κ2) is 10.5. The molecule has 0 amide bonds. The highest BCUT2D eigenvalue weighted by atomic mass is 35.5. The number of nitrogens with zero attached hydrogens (tertiary/aromatic N) is 2. The number of carboxylic acid groups (broad SMARTS) is 1. The van der Waals surface area contributed by atoms with Crippen molar-refractivity contribution < 1.29 is 19.4 Å². The molecule has 0 aliphatic carbocycles. The summed E-state index contributed by atoms with van der Waals surface area (Å²) in [6.45, 7) is 5.55. The number of carboxylic acids is 1. The van der Waals surface area contributed by atoms with Gasteiger partial charge in [0.2, 0.25) is 0 Å². The van der Waals surface area contributed by atoms with Crippen molar-refractivity contribution >= 4 is 34.6 Å². The lowest BCUT2D eigenvalue weighted by atomic mass is 10.0. The van der Waals surface area contributed by atoms with Gasteiger partial charge in [0.05, 0.1) is 34.4 Å². The molecule has 1 N–H and O–H groups in total. The summed E-state index contributed by atoms with van der Waals surface area (Å²) in [6.07, 6.45) is 1.45. The largest absolute Gasteiger partial charge is 0.478 e. The maximum atomic E-state index is 12.3. The number of benzene rings is 3. The Balaban J connectivity index is 1.63. The van der Waals surface area contributed by atoms with Crippen LogP contribution >= 0.6 is 11.6 Å². The van der Waals surface area contributed by atoms with Gasteiger partial charge in [-0.05, 0) is 75.1 Å². The molecule has 0 bridgehead atoms. The predicted molar refractivity (Wildman–Crippen MR) is 140 cm³/mol. The van der Waals surface area contributed by atoms with E-state index in [-0.39, 0.29) is 18.0 Å². The number of carbonyl (C=O) groups is 2. The molecule has 0 atom stereocenters. The summed E-state index contributed by atoms with van der Waals surface area (Å²) in [5.41, 5.74) is 5.09. The van der Waals surface area contributed by atoms with E-state index in [0.717, 1.165) is 28.1 Å². The molecule has 7 heteroatoms. The number of ether oxygens (including phenoxy) is 1. The number of fused-ring (bicyclic) bond motifs is 1. The summed E-state index contributed by atoms with van der Waals surface area (Å²) in [4.78, 5) is 33.3. The van der Waals surface area contributed by atoms with Gasteiger partial charge in [-0.1, -0.05) is 48.0 Å². The van der Waals surface area contributed by atoms with Crippen molar-refractivity contribution in [2.24, 2.45) is 0 Å². The van der Waals surface area contributed by atoms with Crippen molar-refractivity contribution in [3.63, 3.8) is 0 Å². The van der Waals surface area contributed by atoms with E-state index in [0.29, 0.717) is 28.9 Å². The van der Waals surface area contributed by atoms with Crippen molar-refractivity contribution in [3.8, 4) is 11.3 Å². The van der Waals surface area contributed by atoms with Crippen LogP contribution in [0.1, 0.15) is 48.0 Å². The zero-order valence-corrected chi connectivity index (χ0v) is 21.2. The van der Waals surface area contributed by atoms with E-state index >= 15 is 0 Å². The van der Waals surface area contributed by atoms with Gasteiger partial charge in [0.1, 0.15) is 5.60 Å². The van der Waals surface area contributed by atoms with Gasteiger partial charge in [-0.3, -0.25) is 4.79 Å². The Bertz CT molecular complexity index is 1430. The van der Waals surface area contributed by atoms with Crippen LogP contribution in [-0.2, 0) is 28.8 Å². The Morgan fingerprint density at radius 3 is 2.31 bits per heavy atom. The van der Waals surface area contributed by atoms with Crippen molar-refractivity contribution in [1.82, 2.24) is 9.97 Å². The second-order valence-corrected chi connectivity index (χ2v) is 10.1. The average molecular weight is 503 g/mol. The Morgan fingerprint density at radius 1 is 0.889 bits per heavy atom. The van der Waals surface area contributed by atoms with Crippen LogP contribution in [0, 0.1) is 0 Å². The minimum Gasteiger partial charge on any atom is -0.478 e. The molecule has 0 saturated carbocycles. The standard InChI is InChI=1S/C29H27ClN2O4/c1-29(2,3)36-26(33)16-19-6-4-5-18(15-19)7-13-24-27(20-8-11-22(30)12-9-20)32-23-14-10-21(28(34)35)17-25(23)31-24/h4-6,8-12,14-15,17H,7,13,16H2,1-3H3,(H,34,35). The molecular weight excluding hydrogens is 476 g/mol. The zero-order valence-electron chi connectivity index (χ0n) is 20.4. The molecule has 1 aromatic heterocycles. The lowest BCUT2D eigenvalue weighted by Gasteiger charge is -2.19. The number of hydrogen-bond donors (Lipinski definition) is 1. The normalized spacial score (nSPS) is 11.4. The number of rotatable bonds is 7. The maximum absolute atomic E-state index is 12.3. The van der Waals surface area contributed by atoms with Crippen molar-refractivity contribution in [2.75, 3.05) is 0 Å². The Morgan fingerprint density at radius 2 is 1.61 bits per heavy atom. The van der Waals surface area contributed by atoms with Crippen LogP contribution < -0.4 is 0 Å². The smallest absolute Gasteiger partial charge is 0.335 e. The molecule has 6 nitrogen and oxygen atoms in total. The molecule has 0 aliphatic rings. The van der Waals surface area contributed by atoms with Crippen LogP contribution in [0.3, 0.4) is 0 Å². The number of aryl methyl sites for hydroxylation is 2. The molecule has 0 aliphatic heterocycles. The van der Waals surface area contributed by atoms with Gasteiger partial charge in [-0.25, -0.2) is 14.8 Å². The molecule has 3 aromatic carbocycles. The van der Waals surface area contributed by atoms with Gasteiger partial charge in [-0.2, -0.15) is 0 Å². The molecule has 0 radical (unpaired) electrons. The van der Waals surface area contributed by atoms with Crippen LogP contribution in [0.4, 0.5) is 0 Å². The minimum absolute atomic E-state index is 0.164. The summed E-state index contributed by atoms with van der Waals surface area (Å²) in [5, 5.41) is 10.0. The molecule has 4 aromatic rings. The third kappa shape index (κ3) is 6.46. The van der Waals surface area contributed by atoms with Gasteiger partial charge in [0.15, 0.2) is 0 Å². The van der Waals surface area contributed by atoms with E-state index in [2.05, 4.69) is 0 Å². The van der Waals surface area contributed by atoms with E-state index in [1.54, 1.807) is 24.3 Å². The lowest BCUT2D eigenvalue weighted by Crippen LogP contribution is -2.24. The van der Waals surface area contributed by atoms with E-state index in [4.69, 9.17) is 26.3 Å². The molecule has 0 fully saturated rings. The second-order valence-electron chi connectivity index (χ2n) is 9.62. The molecule has 4 rings (SSSR count). The van der Waals surface area contributed by atoms with Crippen molar-refractivity contribution in [1.29, 1.82) is 0 Å². The fourth-order valence-corrected chi connectivity index (χ4v) is 4.07. The van der Waals surface area contributed by atoms with Crippen LogP contribution in [0.25, 0.3) is 22.3 Å². The number of carbonyl (C=O) groups excluding carboxylic acids is 1. The number of aromatic nitrogens is 2. The highest BCUT2D eigenvalue weighted by Gasteiger charge is 2.17. The molecule has 36 heavy (non-hydrogen) atoms. The van der Waals surface area contributed by atoms with Gasteiger partial charge in [-0.15, -0.1) is 0 Å². The fraction of sp³-hybridized carbons (Fsp3) is 0.241. The highest BCUT2D eigenvalue weighted by Crippen LogP contribution is 2.26. The highest BCUT2D eigenvalue weighted by molar-refractivity contribution is 6.30. The first-order valence-corrected chi connectivity index (χ1v) is 12.0. The Kier molecular flexibility index (Phi) is 7.36. The monoisotopic (exact) mass is 502 g/mol. The average Bonchev–Trinajstić information content (AvgIpc) is 2.81. The lowest BCUT2D eigenvalue weighted by molar-refractivity contribution is -0.153. The summed E-state index contributed by atoms with van der Waals surface area (Å²) < 4.78 is 5.44. The summed E-state index contributed by atoms with van der Waals surface area (Å²) in [7, 11) is 0. The quantitative estimate of drug-likeness (QED) is 0.297. The van der Waals surface area contributed by atoms with Crippen LogP contribution in [-0.4, -0.2) is 32.6 Å². The fourth-order valence-electron chi connectivity index (χ4n) is 3.94. The topological polar surface area (TPSA) is 89.4 Å². The van der Waals surface area contributed by atoms with Crippen LogP contribution in [0.15, 0.2) is 66.7 Å². The molecule has 0 unspecified atom stereocenters. The van der Waals surface area contributed by atoms with E-state index in [1.807, 2.05) is 57.2 Å². The maximum Gasteiger partial charge on any atom is 0.335 e. The third-order valence-electron chi connectivity index (χ3n) is 5.51. The van der Waals surface area contributed by atoms with Gasteiger partial charge >= 0.3 is 11.9 Å². The van der Waals surface area contributed by atoms with Gasteiger partial charge in [0.25, 0.3) is 0 Å². The molecule has 0 spiro atoms. The first kappa shape index (κ1) is 25.3. The number of aromatic carboxylic acids is 1. The first-order valence-electron chi connectivity index (χ1n) is 11.7. The van der Waals surface area contributed by atoms with E-state index < -0.39 is 11.6 Å². The van der Waals surface area contributed by atoms with Crippen LogP contribution in [0.5, 0.6) is 0 Å². The van der Waals surface area contributed by atoms with E-state index in [9.17, 15) is 14.7 Å². The van der Waals surface area contributed by atoms with Crippen molar-refractivity contribution in [3.05, 3.63) is 94.1 Å². The van der Waals surface area contributed by atoms with Crippen LogP contribution in [0.2, 0.25) is 5.02 Å². The molecule has 0 saturated heterocycles. The first-order chi connectivity index (χ1) is 17.1. The SMILES string of the molecule is CC(C)(C)OC(=O)Cc1cccc(CCc2nc3cc(C(=O)O)ccc3nc2-c2ccc(Cl)cc2)c1. The molecular formula is C29H27ClN2O4. The predicted octanol–water partition coefficient (Wildman–Crippen LogP) is 6.32. The number of hydrogen-bond acceptors (Lipinski definition) is 5. The Hall–Kier alpha value is -3.77. The zero-order chi connectivity index (χ0) is 25.9. The summed E-state index contributed by atoms with van der Waals surface area (Å²) >= 11 is 6.08. The van der Waals surface area contributed by atoms with Crippen molar-refractivity contribution in [2.45, 2.75) is 45.6 Å². The third-order valence-corrected chi connectivity index (χ3v) is 5.76. The number of esters is 1. The summed E-state index contributed by atoms with van der Waals surface area (Å²) in [6, 6.07) is 20.0. The van der Waals surface area contributed by atoms with E-state index in [1.165, 1.54) is 6.07 Å². The summed E-state index contributed by atoms with van der Waals surface area (Å²) in [5.74, 6) is -1.27. The molecule has 184 valence electrons. The van der Waals surface area contributed by atoms with Gasteiger partial charge < -0.3 is 9.84 Å². The Labute approximate surface area is 214 Å². The number of halogens is 1.